The number of rotatable bonds is 2. The minimum Gasteiger partial charge on any atom is -0.435 e. The molecule has 0 atom stereocenters. The van der Waals surface area contributed by atoms with Crippen molar-refractivity contribution in [2.75, 3.05) is 0 Å². The first-order chi connectivity index (χ1) is 17.4. The van der Waals surface area contributed by atoms with Gasteiger partial charge in [0.05, 0.1) is 33.1 Å². The molecule has 0 spiro atoms. The molecule has 3 aromatic heterocycles. The minimum atomic E-state index is 0.640. The Hall–Kier alpha value is -4.83. The van der Waals surface area contributed by atoms with Gasteiger partial charge in [-0.2, -0.15) is 0 Å². The van der Waals surface area contributed by atoms with Gasteiger partial charge in [-0.1, -0.05) is 66.7 Å². The molecule has 35 heavy (non-hydrogen) atoms. The van der Waals surface area contributed by atoms with Crippen LogP contribution in [0.4, 0.5) is 0 Å². The first kappa shape index (κ1) is 18.6. The van der Waals surface area contributed by atoms with E-state index in [4.69, 9.17) is 9.40 Å². The van der Waals surface area contributed by atoms with Crippen LogP contribution in [0.3, 0.4) is 0 Å². The van der Waals surface area contributed by atoms with Gasteiger partial charge in [0.1, 0.15) is 5.52 Å². The summed E-state index contributed by atoms with van der Waals surface area (Å²) in [4.78, 5) is 8.48. The molecule has 4 heteroatoms. The number of oxazole rings is 1. The third kappa shape index (κ3) is 2.53. The Bertz CT molecular complexity index is 2000. The number of para-hydroxylation sites is 3. The Balaban J connectivity index is 1.47. The summed E-state index contributed by atoms with van der Waals surface area (Å²) in [7, 11) is 0. The average Bonchev–Trinajstić information content (AvgIpc) is 3.60. The molecule has 0 saturated heterocycles. The highest BCUT2D eigenvalue weighted by Crippen LogP contribution is 2.39. The predicted octanol–water partition coefficient (Wildman–Crippen LogP) is 8.23. The van der Waals surface area contributed by atoms with E-state index in [0.29, 0.717) is 5.89 Å². The molecule has 4 nitrogen and oxygen atoms in total. The Morgan fingerprint density at radius 1 is 0.629 bits per heavy atom. The summed E-state index contributed by atoms with van der Waals surface area (Å²) in [5.74, 6) is 0.640. The minimum absolute atomic E-state index is 0.640. The van der Waals surface area contributed by atoms with Crippen LogP contribution < -0.4 is 0 Å². The van der Waals surface area contributed by atoms with Crippen molar-refractivity contribution < 1.29 is 4.42 Å². The van der Waals surface area contributed by atoms with Crippen molar-refractivity contribution in [3.05, 3.63) is 109 Å². The number of nitrogens with one attached hydrogen (secondary N) is 1. The van der Waals surface area contributed by atoms with Crippen LogP contribution in [-0.4, -0.2) is 14.5 Å². The smallest absolute Gasteiger partial charge is 0.227 e. The maximum atomic E-state index is 6.37. The zero-order valence-electron chi connectivity index (χ0n) is 18.7. The monoisotopic (exact) mass is 449 g/mol. The van der Waals surface area contributed by atoms with Crippen LogP contribution in [-0.2, 0) is 0 Å². The Morgan fingerprint density at radius 2 is 1.31 bits per heavy atom. The van der Waals surface area contributed by atoms with E-state index in [-0.39, 0.29) is 0 Å². The lowest BCUT2D eigenvalue weighted by molar-refractivity contribution is 0.623. The summed E-state index contributed by atoms with van der Waals surface area (Å²) in [6.07, 6.45) is 0. The Labute approximate surface area is 200 Å². The molecule has 0 unspecified atom stereocenters. The van der Waals surface area contributed by atoms with Crippen LogP contribution in [0.1, 0.15) is 0 Å². The zero-order chi connectivity index (χ0) is 22.9. The van der Waals surface area contributed by atoms with E-state index >= 15 is 0 Å². The normalized spacial score (nSPS) is 12.0. The van der Waals surface area contributed by atoms with Crippen molar-refractivity contribution in [3.63, 3.8) is 0 Å². The van der Waals surface area contributed by atoms with E-state index in [0.717, 1.165) is 44.2 Å². The van der Waals surface area contributed by atoms with Gasteiger partial charge in [-0.05, 0) is 42.5 Å². The summed E-state index contributed by atoms with van der Waals surface area (Å²) >= 11 is 0. The lowest BCUT2D eigenvalue weighted by Crippen LogP contribution is -1.94. The molecule has 3 heterocycles. The van der Waals surface area contributed by atoms with Crippen LogP contribution in [0.5, 0.6) is 0 Å². The number of H-pyrrole nitrogens is 1. The van der Waals surface area contributed by atoms with Crippen molar-refractivity contribution >= 4 is 54.7 Å². The van der Waals surface area contributed by atoms with E-state index in [1.807, 2.05) is 36.4 Å². The van der Waals surface area contributed by atoms with Crippen molar-refractivity contribution in [1.29, 1.82) is 0 Å². The van der Waals surface area contributed by atoms with Crippen LogP contribution in [0.15, 0.2) is 114 Å². The van der Waals surface area contributed by atoms with E-state index in [1.54, 1.807) is 0 Å². The second-order valence-electron chi connectivity index (χ2n) is 8.92. The zero-order valence-corrected chi connectivity index (χ0v) is 18.7. The Kier molecular flexibility index (Phi) is 3.63. The third-order valence-corrected chi connectivity index (χ3v) is 6.97. The molecule has 5 aromatic carbocycles. The summed E-state index contributed by atoms with van der Waals surface area (Å²) < 4.78 is 8.72. The molecule has 1 N–H and O–H groups in total. The van der Waals surface area contributed by atoms with Crippen molar-refractivity contribution in [2.24, 2.45) is 0 Å². The largest absolute Gasteiger partial charge is 0.435 e. The number of hydrogen-bond acceptors (Lipinski definition) is 2. The second kappa shape index (κ2) is 6.84. The summed E-state index contributed by atoms with van der Waals surface area (Å²) in [6, 6.07) is 37.9. The highest BCUT2D eigenvalue weighted by Gasteiger charge is 2.19. The van der Waals surface area contributed by atoms with Gasteiger partial charge < -0.3 is 14.0 Å². The van der Waals surface area contributed by atoms with Gasteiger partial charge >= 0.3 is 0 Å². The Morgan fingerprint density at radius 3 is 2.09 bits per heavy atom. The first-order valence-electron chi connectivity index (χ1n) is 11.7. The maximum absolute atomic E-state index is 6.37. The maximum Gasteiger partial charge on any atom is 0.227 e. The molecular weight excluding hydrogens is 430 g/mol. The lowest BCUT2D eigenvalue weighted by atomic mass is 10.1. The SMILES string of the molecule is c1ccc(-c2nc3ccc4[nH]c5c(-n6c7ccccc7c7ccccc76)cccc5c4c3o2)cc1. The molecule has 0 saturated carbocycles. The standard InChI is InChI=1S/C31H19N3O/c1-2-9-19(10-3-1)31-33-24-18-17-23-28(30(24)35-31)22-13-8-16-27(29(22)32-23)34-25-14-6-4-11-20(25)21-12-5-7-15-26(21)34/h1-18,32H. The van der Waals surface area contributed by atoms with E-state index in [2.05, 4.69) is 82.3 Å². The van der Waals surface area contributed by atoms with Crippen molar-refractivity contribution in [2.45, 2.75) is 0 Å². The molecule has 0 aliphatic heterocycles. The molecule has 0 radical (unpaired) electrons. The second-order valence-corrected chi connectivity index (χ2v) is 8.92. The fraction of sp³-hybridized carbons (Fsp3) is 0. The average molecular weight is 450 g/mol. The van der Waals surface area contributed by atoms with Gasteiger partial charge in [-0.3, -0.25) is 0 Å². The van der Waals surface area contributed by atoms with Crippen molar-refractivity contribution in [1.82, 2.24) is 14.5 Å². The third-order valence-electron chi connectivity index (χ3n) is 6.97. The van der Waals surface area contributed by atoms with Gasteiger partial charge in [0.15, 0.2) is 5.58 Å². The molecule has 8 aromatic rings. The van der Waals surface area contributed by atoms with Crippen LogP contribution in [0, 0.1) is 0 Å². The lowest BCUT2D eigenvalue weighted by Gasteiger charge is -2.09. The van der Waals surface area contributed by atoms with Crippen LogP contribution in [0.2, 0.25) is 0 Å². The van der Waals surface area contributed by atoms with E-state index in [9.17, 15) is 0 Å². The van der Waals surface area contributed by atoms with Gasteiger partial charge in [0, 0.05) is 21.7 Å². The molecule has 0 fully saturated rings. The molecular formula is C31H19N3O. The van der Waals surface area contributed by atoms with Gasteiger partial charge in [-0.15, -0.1) is 0 Å². The van der Waals surface area contributed by atoms with Gasteiger partial charge in [0.2, 0.25) is 5.89 Å². The highest BCUT2D eigenvalue weighted by molar-refractivity contribution is 6.20. The number of aromatic amines is 1. The molecule has 164 valence electrons. The summed E-state index contributed by atoms with van der Waals surface area (Å²) in [5.41, 5.74) is 8.27. The number of aromatic nitrogens is 3. The molecule has 0 amide bonds. The highest BCUT2D eigenvalue weighted by atomic mass is 16.3. The molecule has 0 aliphatic carbocycles. The topological polar surface area (TPSA) is 46.8 Å². The van der Waals surface area contributed by atoms with Crippen LogP contribution in [0.25, 0.3) is 71.9 Å². The summed E-state index contributed by atoms with van der Waals surface area (Å²) in [5, 5.41) is 4.69. The predicted molar refractivity (Wildman–Crippen MR) is 143 cm³/mol. The quantitative estimate of drug-likeness (QED) is 0.289. The number of benzene rings is 5. The van der Waals surface area contributed by atoms with Gasteiger partial charge in [-0.25, -0.2) is 4.98 Å². The molecule has 8 rings (SSSR count). The fourth-order valence-electron chi connectivity index (χ4n) is 5.45. The molecule has 0 bridgehead atoms. The number of hydrogen-bond donors (Lipinski definition) is 1. The first-order valence-corrected chi connectivity index (χ1v) is 11.7. The number of nitrogens with zero attached hydrogens (tertiary/aromatic N) is 2. The number of fused-ring (bicyclic) bond motifs is 8. The van der Waals surface area contributed by atoms with Crippen molar-refractivity contribution in [3.8, 4) is 17.1 Å². The fourth-order valence-corrected chi connectivity index (χ4v) is 5.45. The van der Waals surface area contributed by atoms with Gasteiger partial charge in [0.25, 0.3) is 0 Å². The summed E-state index contributed by atoms with van der Waals surface area (Å²) in [6.45, 7) is 0. The molecule has 0 aliphatic rings. The van der Waals surface area contributed by atoms with Crippen LogP contribution >= 0.6 is 0 Å². The van der Waals surface area contributed by atoms with E-state index < -0.39 is 0 Å². The van der Waals surface area contributed by atoms with E-state index in [1.165, 1.54) is 21.8 Å².